The largest absolute Gasteiger partial charge is 0.472 e. The number of rotatable bonds is 14. The number of ether oxygens (including phenoxy) is 2. The van der Waals surface area contributed by atoms with Gasteiger partial charge in [0.05, 0.1) is 27.7 Å². The van der Waals surface area contributed by atoms with E-state index in [-0.39, 0.29) is 23.3 Å². The van der Waals surface area contributed by atoms with Gasteiger partial charge in [0.25, 0.3) is 20.2 Å². The van der Waals surface area contributed by atoms with Crippen LogP contribution in [0.3, 0.4) is 0 Å². The Morgan fingerprint density at radius 2 is 1.36 bits per heavy atom. The summed E-state index contributed by atoms with van der Waals surface area (Å²) in [6.07, 6.45) is 4.66. The van der Waals surface area contributed by atoms with Gasteiger partial charge in [-0.15, -0.1) is 11.8 Å². The first-order valence-electron chi connectivity index (χ1n) is 14.4. The molecule has 17 heteroatoms. The van der Waals surface area contributed by atoms with Crippen molar-refractivity contribution >= 4 is 49.5 Å². The van der Waals surface area contributed by atoms with E-state index in [4.69, 9.17) is 9.47 Å². The summed E-state index contributed by atoms with van der Waals surface area (Å²) in [6.45, 7) is 11.1. The number of hydrogen-bond acceptors (Lipinski definition) is 13. The highest BCUT2D eigenvalue weighted by Gasteiger charge is 2.43. The third-order valence-electron chi connectivity index (χ3n) is 6.43. The van der Waals surface area contributed by atoms with Gasteiger partial charge in [0, 0.05) is 41.8 Å². The summed E-state index contributed by atoms with van der Waals surface area (Å²) in [4.78, 5) is 32.2. The van der Waals surface area contributed by atoms with Gasteiger partial charge in [-0.1, -0.05) is 6.42 Å². The molecule has 0 aromatic carbocycles. The zero-order valence-electron chi connectivity index (χ0n) is 26.2. The molecule has 0 aliphatic heterocycles. The smallest absolute Gasteiger partial charge is 0.317 e. The fourth-order valence-corrected chi connectivity index (χ4v) is 9.29. The van der Waals surface area contributed by atoms with Gasteiger partial charge >= 0.3 is 6.01 Å². The summed E-state index contributed by atoms with van der Waals surface area (Å²) in [7, 11) is -8.49. The van der Waals surface area contributed by atoms with E-state index in [1.165, 1.54) is 35.9 Å². The molecule has 0 radical (unpaired) electrons. The van der Waals surface area contributed by atoms with Gasteiger partial charge in [0.1, 0.15) is 22.8 Å². The van der Waals surface area contributed by atoms with Crippen molar-refractivity contribution in [3.8, 4) is 11.9 Å². The van der Waals surface area contributed by atoms with Crippen LogP contribution in [0, 0.1) is 11.8 Å². The minimum absolute atomic E-state index is 0.00237. The fraction of sp³-hybridized carbons (Fsp3) is 0.679. The number of Topliss-reactive ketones (excluding diaryl/α,β-unsaturated/α-hetero) is 1. The van der Waals surface area contributed by atoms with E-state index in [1.807, 2.05) is 41.5 Å². The van der Waals surface area contributed by atoms with E-state index in [0.29, 0.717) is 36.7 Å². The van der Waals surface area contributed by atoms with Crippen molar-refractivity contribution in [3.63, 3.8) is 0 Å². The van der Waals surface area contributed by atoms with E-state index in [1.54, 1.807) is 12.1 Å². The Morgan fingerprint density at radius 1 is 0.822 bits per heavy atom. The second-order valence-electron chi connectivity index (χ2n) is 12.6. The molecule has 1 aliphatic carbocycles. The molecule has 0 bridgehead atoms. The molecule has 2 N–H and O–H groups in total. The molecule has 2 heterocycles. The lowest BCUT2D eigenvalue weighted by Crippen LogP contribution is -2.35. The van der Waals surface area contributed by atoms with Crippen molar-refractivity contribution in [2.45, 2.75) is 82.5 Å². The number of ketones is 1. The van der Waals surface area contributed by atoms with Crippen LogP contribution in [-0.2, 0) is 25.0 Å². The van der Waals surface area contributed by atoms with Gasteiger partial charge in [0.15, 0.2) is 0 Å². The Morgan fingerprint density at radius 3 is 1.91 bits per heavy atom. The molecule has 1 fully saturated rings. The Balaban J connectivity index is 2.00. The van der Waals surface area contributed by atoms with E-state index < -0.39 is 65.3 Å². The summed E-state index contributed by atoms with van der Waals surface area (Å²) in [5, 5.41) is -1.24. The molecule has 13 nitrogen and oxygen atoms in total. The Labute approximate surface area is 274 Å². The molecule has 1 saturated carbocycles. The molecule has 4 unspecified atom stereocenters. The van der Waals surface area contributed by atoms with Crippen LogP contribution in [0.5, 0.6) is 11.9 Å². The lowest BCUT2D eigenvalue weighted by molar-refractivity contribution is -0.129. The van der Waals surface area contributed by atoms with Gasteiger partial charge in [0.2, 0.25) is 5.88 Å². The standard InChI is InChI=1S/C28H42N4O9S4/c1-27(2,3)40-21-11-13-29-25(32-21)24(43-15-17-45(37,38)39)19-9-7-8-18(22(19)33)23(42-14-16-44(34,35)36)20-10-12-30-26(31-20)41-28(4,5)6/h10-13,18-19,23-24H,7-9,14-17H2,1-6H3,(H,34,35,36)(H,37,38,39). The molecule has 2 aromatic rings. The third-order valence-corrected chi connectivity index (χ3v) is 11.1. The fourth-order valence-electron chi connectivity index (χ4n) is 4.76. The summed E-state index contributed by atoms with van der Waals surface area (Å²) < 4.78 is 76.6. The Hall–Kier alpha value is -2.05. The van der Waals surface area contributed by atoms with Crippen LogP contribution in [-0.4, -0.2) is 85.9 Å². The first-order valence-corrected chi connectivity index (χ1v) is 19.7. The monoisotopic (exact) mass is 706 g/mol. The topological polar surface area (TPSA) is 196 Å². The van der Waals surface area contributed by atoms with Gasteiger partial charge < -0.3 is 9.47 Å². The van der Waals surface area contributed by atoms with Crippen LogP contribution in [0.15, 0.2) is 24.5 Å². The molecule has 1 aliphatic rings. The van der Waals surface area contributed by atoms with E-state index in [2.05, 4.69) is 19.9 Å². The van der Waals surface area contributed by atoms with Gasteiger partial charge in [-0.3, -0.25) is 13.9 Å². The molecular weight excluding hydrogens is 665 g/mol. The SMILES string of the molecule is CC(C)(C)Oc1ccnc(C(SCCS(=O)(=O)O)C2CCCC(C(SCCS(=O)(=O)O)c3ccnc(OC(C)(C)C)n3)C2=O)n1. The lowest BCUT2D eigenvalue weighted by Gasteiger charge is -2.36. The van der Waals surface area contributed by atoms with Crippen molar-refractivity contribution in [3.05, 3.63) is 36.0 Å². The van der Waals surface area contributed by atoms with E-state index >= 15 is 0 Å². The van der Waals surface area contributed by atoms with Crippen LogP contribution in [0.4, 0.5) is 0 Å². The second kappa shape index (κ2) is 15.2. The maximum absolute atomic E-state index is 14.4. The molecule has 4 atom stereocenters. The normalized spacial score (nSPS) is 19.6. The highest BCUT2D eigenvalue weighted by Crippen LogP contribution is 2.48. The highest BCUT2D eigenvalue weighted by atomic mass is 32.2. The van der Waals surface area contributed by atoms with Crippen molar-refractivity contribution in [2.24, 2.45) is 11.8 Å². The quantitative estimate of drug-likeness (QED) is 0.258. The van der Waals surface area contributed by atoms with Crippen molar-refractivity contribution in [1.29, 1.82) is 0 Å². The molecule has 2 aromatic heterocycles. The average Bonchev–Trinajstić information content (AvgIpc) is 2.87. The summed E-state index contributed by atoms with van der Waals surface area (Å²) in [6, 6.07) is 3.38. The number of thioether (sulfide) groups is 2. The minimum Gasteiger partial charge on any atom is -0.472 e. The number of hydrogen-bond donors (Lipinski definition) is 2. The van der Waals surface area contributed by atoms with Crippen molar-refractivity contribution < 1.29 is 40.2 Å². The summed E-state index contributed by atoms with van der Waals surface area (Å²) in [5.41, 5.74) is -0.656. The molecule has 0 amide bonds. The van der Waals surface area contributed by atoms with E-state index in [0.717, 1.165) is 0 Å². The van der Waals surface area contributed by atoms with Gasteiger partial charge in [-0.05, 0) is 60.5 Å². The predicted molar refractivity (Wildman–Crippen MR) is 174 cm³/mol. The first-order chi connectivity index (χ1) is 20.7. The molecule has 252 valence electrons. The number of carbonyl (C=O) groups excluding carboxylic acids is 1. The number of carbonyl (C=O) groups is 1. The molecule has 0 saturated heterocycles. The number of aromatic nitrogens is 4. The van der Waals surface area contributed by atoms with Crippen molar-refractivity contribution in [2.75, 3.05) is 23.0 Å². The molecule has 3 rings (SSSR count). The highest BCUT2D eigenvalue weighted by molar-refractivity contribution is 8.00. The van der Waals surface area contributed by atoms with E-state index in [9.17, 15) is 30.7 Å². The Kier molecular flexibility index (Phi) is 12.7. The predicted octanol–water partition coefficient (Wildman–Crippen LogP) is 4.63. The zero-order chi connectivity index (χ0) is 33.6. The number of nitrogens with zero attached hydrogens (tertiary/aromatic N) is 4. The van der Waals surface area contributed by atoms with Crippen molar-refractivity contribution in [1.82, 2.24) is 19.9 Å². The lowest BCUT2D eigenvalue weighted by atomic mass is 9.76. The maximum atomic E-state index is 14.4. The van der Waals surface area contributed by atoms with Crippen LogP contribution < -0.4 is 9.47 Å². The molecular formula is C28H42N4O9S4. The summed E-state index contributed by atoms with van der Waals surface area (Å²) in [5.74, 6) is -1.76. The summed E-state index contributed by atoms with van der Waals surface area (Å²) >= 11 is 2.37. The first kappa shape index (κ1) is 37.4. The van der Waals surface area contributed by atoms with Crippen LogP contribution in [0.2, 0.25) is 0 Å². The maximum Gasteiger partial charge on any atom is 0.317 e. The zero-order valence-corrected chi connectivity index (χ0v) is 29.5. The second-order valence-corrected chi connectivity index (χ2v) is 18.3. The van der Waals surface area contributed by atoms with Gasteiger partial charge in [-0.25, -0.2) is 9.97 Å². The molecule has 45 heavy (non-hydrogen) atoms. The molecule has 0 spiro atoms. The van der Waals surface area contributed by atoms with Crippen LogP contribution in [0.25, 0.3) is 0 Å². The Bertz CT molecular complexity index is 1420. The third kappa shape index (κ3) is 12.9. The van der Waals surface area contributed by atoms with Crippen LogP contribution in [0.1, 0.15) is 82.8 Å². The van der Waals surface area contributed by atoms with Crippen LogP contribution >= 0.6 is 23.5 Å². The average molecular weight is 707 g/mol. The van der Waals surface area contributed by atoms with Gasteiger partial charge in [-0.2, -0.15) is 38.6 Å². The minimum atomic E-state index is -4.25.